The number of fused-ring (bicyclic) bond motifs is 1. The van der Waals surface area contributed by atoms with Crippen LogP contribution < -0.4 is 10.1 Å². The van der Waals surface area contributed by atoms with Crippen LogP contribution in [0.2, 0.25) is 0 Å². The molecule has 1 aliphatic rings. The zero-order valence-corrected chi connectivity index (χ0v) is 11.9. The average Bonchev–Trinajstić information content (AvgIpc) is 2.53. The van der Waals surface area contributed by atoms with Gasteiger partial charge in [0.25, 0.3) is 0 Å². The number of nitrogens with one attached hydrogen (secondary N) is 1. The molecule has 1 unspecified atom stereocenters. The molecule has 0 radical (unpaired) electrons. The van der Waals surface area contributed by atoms with Crippen LogP contribution in [-0.4, -0.2) is 13.2 Å². The Labute approximate surface area is 120 Å². The predicted octanol–water partition coefficient (Wildman–Crippen LogP) is 3.71. The number of benzene rings is 2. The van der Waals surface area contributed by atoms with Gasteiger partial charge in [0.2, 0.25) is 0 Å². The Morgan fingerprint density at radius 2 is 1.90 bits per heavy atom. The van der Waals surface area contributed by atoms with E-state index in [2.05, 4.69) is 60.8 Å². The molecule has 0 aliphatic carbocycles. The summed E-state index contributed by atoms with van der Waals surface area (Å²) in [7, 11) is 0. The van der Waals surface area contributed by atoms with Crippen molar-refractivity contribution in [2.45, 2.75) is 25.8 Å². The van der Waals surface area contributed by atoms with Gasteiger partial charge in [0.15, 0.2) is 0 Å². The van der Waals surface area contributed by atoms with Gasteiger partial charge in [-0.15, -0.1) is 0 Å². The Morgan fingerprint density at radius 1 is 1.10 bits per heavy atom. The van der Waals surface area contributed by atoms with Crippen molar-refractivity contribution in [2.75, 3.05) is 13.2 Å². The molecule has 2 aromatic rings. The molecule has 1 aliphatic heterocycles. The van der Waals surface area contributed by atoms with Gasteiger partial charge in [-0.2, -0.15) is 0 Å². The Balaban J connectivity index is 1.83. The molecule has 2 aromatic carbocycles. The van der Waals surface area contributed by atoms with Gasteiger partial charge >= 0.3 is 0 Å². The minimum absolute atomic E-state index is 0.445. The van der Waals surface area contributed by atoms with Gasteiger partial charge in [0.1, 0.15) is 5.75 Å². The predicted molar refractivity (Wildman–Crippen MR) is 82.2 cm³/mol. The highest BCUT2D eigenvalue weighted by atomic mass is 16.5. The summed E-state index contributed by atoms with van der Waals surface area (Å²) < 4.78 is 5.65. The Hall–Kier alpha value is -1.80. The molecule has 3 rings (SSSR count). The van der Waals surface area contributed by atoms with Crippen LogP contribution in [0.3, 0.4) is 0 Å². The second-order valence-electron chi connectivity index (χ2n) is 5.30. The fourth-order valence-corrected chi connectivity index (χ4v) is 2.81. The molecule has 20 heavy (non-hydrogen) atoms. The van der Waals surface area contributed by atoms with E-state index in [1.807, 2.05) is 0 Å². The van der Waals surface area contributed by atoms with Crippen LogP contribution in [0.1, 0.15) is 36.0 Å². The van der Waals surface area contributed by atoms with Gasteiger partial charge in [-0.25, -0.2) is 0 Å². The maximum atomic E-state index is 5.65. The SMILES string of the molecule is CCCOc1ccc(C2CNCc3ccccc32)cc1. The van der Waals surface area contributed by atoms with Crippen LogP contribution >= 0.6 is 0 Å². The Bertz CT molecular complexity index is 562. The lowest BCUT2D eigenvalue weighted by Gasteiger charge is -2.26. The first kappa shape index (κ1) is 13.2. The third-order valence-electron chi connectivity index (χ3n) is 3.85. The summed E-state index contributed by atoms with van der Waals surface area (Å²) in [6.45, 7) is 4.89. The second-order valence-corrected chi connectivity index (χ2v) is 5.30. The third-order valence-corrected chi connectivity index (χ3v) is 3.85. The standard InChI is InChI=1S/C18H21NO/c1-2-11-20-16-9-7-14(8-10-16)18-13-19-12-15-5-3-4-6-17(15)18/h3-10,18-19H,2,11-13H2,1H3. The molecule has 104 valence electrons. The molecule has 1 N–H and O–H groups in total. The van der Waals surface area contributed by atoms with Gasteiger partial charge in [-0.3, -0.25) is 0 Å². The molecular formula is C18H21NO. The van der Waals surface area contributed by atoms with Crippen LogP contribution in [0.4, 0.5) is 0 Å². The molecule has 0 saturated carbocycles. The van der Waals surface area contributed by atoms with Gasteiger partial charge in [0, 0.05) is 19.0 Å². The van der Waals surface area contributed by atoms with Gasteiger partial charge in [-0.05, 0) is 35.2 Å². The van der Waals surface area contributed by atoms with E-state index in [0.29, 0.717) is 5.92 Å². The van der Waals surface area contributed by atoms with Crippen LogP contribution in [0.5, 0.6) is 5.75 Å². The highest BCUT2D eigenvalue weighted by Crippen LogP contribution is 2.30. The quantitative estimate of drug-likeness (QED) is 0.911. The molecule has 0 spiro atoms. The van der Waals surface area contributed by atoms with Crippen molar-refractivity contribution in [3.63, 3.8) is 0 Å². The molecule has 2 heteroatoms. The molecular weight excluding hydrogens is 246 g/mol. The van der Waals surface area contributed by atoms with E-state index in [-0.39, 0.29) is 0 Å². The van der Waals surface area contributed by atoms with Crippen molar-refractivity contribution < 1.29 is 4.74 Å². The van der Waals surface area contributed by atoms with E-state index in [4.69, 9.17) is 4.74 Å². The summed E-state index contributed by atoms with van der Waals surface area (Å²) in [4.78, 5) is 0. The minimum Gasteiger partial charge on any atom is -0.494 e. The van der Waals surface area contributed by atoms with Crippen molar-refractivity contribution in [1.82, 2.24) is 5.32 Å². The average molecular weight is 267 g/mol. The van der Waals surface area contributed by atoms with Crippen molar-refractivity contribution in [2.24, 2.45) is 0 Å². The summed E-state index contributed by atoms with van der Waals surface area (Å²) in [5.74, 6) is 1.41. The van der Waals surface area contributed by atoms with E-state index >= 15 is 0 Å². The molecule has 1 heterocycles. The maximum Gasteiger partial charge on any atom is 0.119 e. The monoisotopic (exact) mass is 267 g/mol. The summed E-state index contributed by atoms with van der Waals surface area (Å²) in [6, 6.07) is 17.3. The number of hydrogen-bond acceptors (Lipinski definition) is 2. The number of rotatable bonds is 4. The smallest absolute Gasteiger partial charge is 0.119 e. The van der Waals surface area contributed by atoms with E-state index in [0.717, 1.165) is 31.9 Å². The molecule has 0 fully saturated rings. The minimum atomic E-state index is 0.445. The molecule has 0 amide bonds. The van der Waals surface area contributed by atoms with Crippen LogP contribution in [0.25, 0.3) is 0 Å². The van der Waals surface area contributed by atoms with Crippen molar-refractivity contribution in [1.29, 1.82) is 0 Å². The lowest BCUT2D eigenvalue weighted by Crippen LogP contribution is -2.28. The first-order chi connectivity index (χ1) is 9.88. The zero-order chi connectivity index (χ0) is 13.8. The fraction of sp³-hybridized carbons (Fsp3) is 0.333. The summed E-state index contributed by atoms with van der Waals surface area (Å²) in [5.41, 5.74) is 4.22. The van der Waals surface area contributed by atoms with Gasteiger partial charge < -0.3 is 10.1 Å². The second kappa shape index (κ2) is 6.10. The largest absolute Gasteiger partial charge is 0.494 e. The molecule has 1 atom stereocenters. The van der Waals surface area contributed by atoms with Crippen molar-refractivity contribution in [3.05, 3.63) is 65.2 Å². The van der Waals surface area contributed by atoms with Crippen molar-refractivity contribution >= 4 is 0 Å². The lowest BCUT2D eigenvalue weighted by atomic mass is 9.85. The lowest BCUT2D eigenvalue weighted by molar-refractivity contribution is 0.317. The summed E-state index contributed by atoms with van der Waals surface area (Å²) in [5, 5.41) is 3.51. The molecule has 0 saturated heterocycles. The highest BCUT2D eigenvalue weighted by molar-refractivity contribution is 5.41. The normalized spacial score (nSPS) is 17.6. The Morgan fingerprint density at radius 3 is 2.70 bits per heavy atom. The van der Waals surface area contributed by atoms with E-state index in [1.54, 1.807) is 0 Å². The van der Waals surface area contributed by atoms with Gasteiger partial charge in [0.05, 0.1) is 6.61 Å². The third kappa shape index (κ3) is 2.70. The van der Waals surface area contributed by atoms with Crippen LogP contribution in [0.15, 0.2) is 48.5 Å². The van der Waals surface area contributed by atoms with Crippen LogP contribution in [-0.2, 0) is 6.54 Å². The molecule has 2 nitrogen and oxygen atoms in total. The van der Waals surface area contributed by atoms with E-state index in [1.165, 1.54) is 16.7 Å². The van der Waals surface area contributed by atoms with Crippen LogP contribution in [0, 0.1) is 0 Å². The first-order valence-electron chi connectivity index (χ1n) is 7.39. The van der Waals surface area contributed by atoms with Gasteiger partial charge in [-0.1, -0.05) is 43.3 Å². The zero-order valence-electron chi connectivity index (χ0n) is 11.9. The van der Waals surface area contributed by atoms with E-state index < -0.39 is 0 Å². The highest BCUT2D eigenvalue weighted by Gasteiger charge is 2.20. The summed E-state index contributed by atoms with van der Waals surface area (Å²) >= 11 is 0. The Kier molecular flexibility index (Phi) is 4.03. The molecule has 0 aromatic heterocycles. The number of ether oxygens (including phenoxy) is 1. The summed E-state index contributed by atoms with van der Waals surface area (Å²) in [6.07, 6.45) is 1.04. The topological polar surface area (TPSA) is 21.3 Å². The first-order valence-corrected chi connectivity index (χ1v) is 7.39. The molecule has 0 bridgehead atoms. The fourth-order valence-electron chi connectivity index (χ4n) is 2.81. The van der Waals surface area contributed by atoms with E-state index in [9.17, 15) is 0 Å². The van der Waals surface area contributed by atoms with Crippen molar-refractivity contribution in [3.8, 4) is 5.75 Å². The maximum absolute atomic E-state index is 5.65. The number of hydrogen-bond donors (Lipinski definition) is 1.